The average molecular weight is 345 g/mol. The summed E-state index contributed by atoms with van der Waals surface area (Å²) in [7, 11) is 1.45. The molecule has 3 heteroatoms. The highest BCUT2D eigenvalue weighted by Crippen LogP contribution is 2.74. The maximum Gasteiger partial charge on any atom is 0.333 e. The van der Waals surface area contributed by atoms with Crippen LogP contribution >= 0.6 is 11.8 Å². The molecule has 0 aliphatic heterocycles. The Kier molecular flexibility index (Phi) is 5.10. The van der Waals surface area contributed by atoms with Crippen LogP contribution in [0.15, 0.2) is 40.8 Å². The van der Waals surface area contributed by atoms with Gasteiger partial charge < -0.3 is 4.74 Å². The lowest BCUT2D eigenvalue weighted by atomic mass is 9.84. The molecule has 2 fully saturated rings. The van der Waals surface area contributed by atoms with Crippen LogP contribution in [-0.4, -0.2) is 17.8 Å². The van der Waals surface area contributed by atoms with Gasteiger partial charge in [-0.05, 0) is 63.5 Å². The number of benzene rings is 1. The number of thioether (sulfide) groups is 1. The predicted molar refractivity (Wildman–Crippen MR) is 100 cm³/mol. The summed E-state index contributed by atoms with van der Waals surface area (Å²) in [5, 5.41) is 0. The Labute approximate surface area is 150 Å². The van der Waals surface area contributed by atoms with Gasteiger partial charge in [0.05, 0.1) is 7.11 Å². The monoisotopic (exact) mass is 344 g/mol. The Bertz CT molecular complexity index is 634. The van der Waals surface area contributed by atoms with Gasteiger partial charge in [-0.3, -0.25) is 0 Å². The lowest BCUT2D eigenvalue weighted by Crippen LogP contribution is -2.21. The molecule has 0 N–H and O–H groups in total. The van der Waals surface area contributed by atoms with Crippen molar-refractivity contribution in [3.05, 3.63) is 41.5 Å². The summed E-state index contributed by atoms with van der Waals surface area (Å²) in [4.78, 5) is 12.9. The minimum Gasteiger partial charge on any atom is -0.466 e. The van der Waals surface area contributed by atoms with Crippen LogP contribution in [0.3, 0.4) is 0 Å². The van der Waals surface area contributed by atoms with Crippen molar-refractivity contribution in [2.24, 2.45) is 5.41 Å². The van der Waals surface area contributed by atoms with Gasteiger partial charge in [-0.1, -0.05) is 36.6 Å². The van der Waals surface area contributed by atoms with Crippen LogP contribution in [0, 0.1) is 12.3 Å². The van der Waals surface area contributed by atoms with E-state index in [-0.39, 0.29) is 5.97 Å². The first-order chi connectivity index (χ1) is 11.5. The number of allylic oxidation sites excluding steroid dienone is 1. The maximum atomic E-state index is 11.5. The van der Waals surface area contributed by atoms with Crippen molar-refractivity contribution in [1.29, 1.82) is 0 Å². The third kappa shape index (κ3) is 3.42. The Morgan fingerprint density at radius 3 is 2.67 bits per heavy atom. The highest BCUT2D eigenvalue weighted by Gasteiger charge is 2.67. The molecule has 0 bridgehead atoms. The van der Waals surface area contributed by atoms with Crippen LogP contribution in [0.5, 0.6) is 0 Å². The smallest absolute Gasteiger partial charge is 0.333 e. The molecule has 1 aromatic rings. The molecule has 3 rings (SSSR count). The Morgan fingerprint density at radius 2 is 1.96 bits per heavy atom. The van der Waals surface area contributed by atoms with Gasteiger partial charge in [-0.25, -0.2) is 4.79 Å². The summed E-state index contributed by atoms with van der Waals surface area (Å²) in [5.41, 5.74) is 2.54. The minimum absolute atomic E-state index is 0.202. The molecule has 2 nitrogen and oxygen atoms in total. The molecule has 0 spiro atoms. The van der Waals surface area contributed by atoms with E-state index in [0.29, 0.717) is 10.2 Å². The lowest BCUT2D eigenvalue weighted by Gasteiger charge is -2.30. The maximum absolute atomic E-state index is 11.5. The second-order valence-electron chi connectivity index (χ2n) is 7.49. The first-order valence-corrected chi connectivity index (χ1v) is 9.83. The Hall–Kier alpha value is -1.22. The van der Waals surface area contributed by atoms with Gasteiger partial charge in [0.25, 0.3) is 0 Å². The van der Waals surface area contributed by atoms with Crippen LogP contribution in [0.2, 0.25) is 0 Å². The summed E-state index contributed by atoms with van der Waals surface area (Å²) < 4.78 is 5.23. The number of hydrogen-bond acceptors (Lipinski definition) is 3. The third-order valence-corrected chi connectivity index (χ3v) is 7.55. The second-order valence-corrected chi connectivity index (χ2v) is 8.95. The van der Waals surface area contributed by atoms with Crippen molar-refractivity contribution >= 4 is 17.7 Å². The Morgan fingerprint density at radius 1 is 1.25 bits per heavy atom. The molecule has 0 radical (unpaired) electrons. The zero-order valence-electron chi connectivity index (χ0n) is 15.1. The largest absolute Gasteiger partial charge is 0.466 e. The standard InChI is InChI=1S/C21H28O2S/c1-16-8-10-18(11-9-16)24-21-14-5-4-12-20(21,15-21)13-6-7-17(2)19(22)23-3/h7-11H,4-6,12-15H2,1-3H3/b17-7+/t20-,21+/m0/s1. The molecule has 0 amide bonds. The number of methoxy groups -OCH3 is 1. The molecular weight excluding hydrogens is 316 g/mol. The highest BCUT2D eigenvalue weighted by atomic mass is 32.2. The molecule has 130 valence electrons. The Balaban J connectivity index is 1.66. The molecule has 0 unspecified atom stereocenters. The van der Waals surface area contributed by atoms with Crippen LogP contribution < -0.4 is 0 Å². The molecule has 1 aromatic carbocycles. The summed E-state index contributed by atoms with van der Waals surface area (Å²) in [5.74, 6) is -0.202. The minimum atomic E-state index is -0.202. The number of hydrogen-bond donors (Lipinski definition) is 0. The highest BCUT2D eigenvalue weighted by molar-refractivity contribution is 8.01. The summed E-state index contributed by atoms with van der Waals surface area (Å²) in [6.45, 7) is 4.00. The summed E-state index contributed by atoms with van der Waals surface area (Å²) in [6, 6.07) is 8.98. The number of fused-ring (bicyclic) bond motifs is 1. The fourth-order valence-corrected chi connectivity index (χ4v) is 6.06. The molecule has 0 saturated heterocycles. The fraction of sp³-hybridized carbons (Fsp3) is 0.571. The third-order valence-electron chi connectivity index (χ3n) is 5.87. The molecule has 2 aliphatic rings. The van der Waals surface area contributed by atoms with E-state index in [4.69, 9.17) is 4.74 Å². The van der Waals surface area contributed by atoms with Gasteiger partial charge in [-0.15, -0.1) is 11.8 Å². The lowest BCUT2D eigenvalue weighted by molar-refractivity contribution is -0.136. The molecular formula is C21H28O2S. The van der Waals surface area contributed by atoms with E-state index >= 15 is 0 Å². The number of carbonyl (C=O) groups excluding carboxylic acids is 1. The molecule has 2 saturated carbocycles. The second kappa shape index (κ2) is 6.95. The van der Waals surface area contributed by atoms with E-state index in [1.807, 2.05) is 6.92 Å². The van der Waals surface area contributed by atoms with Crippen LogP contribution in [-0.2, 0) is 9.53 Å². The van der Waals surface area contributed by atoms with Gasteiger partial charge in [0.1, 0.15) is 0 Å². The number of aryl methyl sites for hydroxylation is 1. The quantitative estimate of drug-likeness (QED) is 0.490. The topological polar surface area (TPSA) is 26.3 Å². The molecule has 0 aromatic heterocycles. The first kappa shape index (κ1) is 17.6. The van der Waals surface area contributed by atoms with Crippen molar-refractivity contribution in [3.63, 3.8) is 0 Å². The summed E-state index contributed by atoms with van der Waals surface area (Å²) >= 11 is 2.11. The van der Waals surface area contributed by atoms with E-state index in [0.717, 1.165) is 12.0 Å². The van der Waals surface area contributed by atoms with E-state index in [1.165, 1.54) is 56.1 Å². The van der Waals surface area contributed by atoms with Gasteiger partial charge in [0.2, 0.25) is 0 Å². The molecule has 24 heavy (non-hydrogen) atoms. The SMILES string of the molecule is COC(=O)/C(C)=C/CC[C@]12CCCC[C@@]1(Sc1ccc(C)cc1)C2. The predicted octanol–water partition coefficient (Wildman–Crippen LogP) is 5.69. The van der Waals surface area contributed by atoms with Crippen LogP contribution in [0.4, 0.5) is 0 Å². The van der Waals surface area contributed by atoms with Crippen molar-refractivity contribution < 1.29 is 9.53 Å². The van der Waals surface area contributed by atoms with Crippen molar-refractivity contribution in [1.82, 2.24) is 0 Å². The van der Waals surface area contributed by atoms with Crippen LogP contribution in [0.25, 0.3) is 0 Å². The number of rotatable bonds is 6. The van der Waals surface area contributed by atoms with Gasteiger partial charge in [-0.2, -0.15) is 0 Å². The van der Waals surface area contributed by atoms with Crippen molar-refractivity contribution in [2.75, 3.05) is 7.11 Å². The van der Waals surface area contributed by atoms with Gasteiger partial charge in [0, 0.05) is 15.2 Å². The van der Waals surface area contributed by atoms with Gasteiger partial charge in [0.15, 0.2) is 0 Å². The molecule has 2 aliphatic carbocycles. The number of carbonyl (C=O) groups is 1. The van der Waals surface area contributed by atoms with Crippen molar-refractivity contribution in [2.45, 2.75) is 68.4 Å². The zero-order valence-corrected chi connectivity index (χ0v) is 15.9. The molecule has 0 heterocycles. The van der Waals surface area contributed by atoms with E-state index < -0.39 is 0 Å². The zero-order chi connectivity index (χ0) is 17.2. The fourth-order valence-electron chi connectivity index (χ4n) is 4.32. The molecule has 2 atom stereocenters. The van der Waals surface area contributed by atoms with Crippen LogP contribution in [0.1, 0.15) is 57.4 Å². The van der Waals surface area contributed by atoms with Crippen molar-refractivity contribution in [3.8, 4) is 0 Å². The normalized spacial score (nSPS) is 29.0. The average Bonchev–Trinajstić information content (AvgIpc) is 3.24. The number of ether oxygens (including phenoxy) is 1. The van der Waals surface area contributed by atoms with E-state index in [2.05, 4.69) is 49.0 Å². The summed E-state index contributed by atoms with van der Waals surface area (Å²) in [6.07, 6.45) is 11.0. The number of esters is 1. The first-order valence-electron chi connectivity index (χ1n) is 9.01. The van der Waals surface area contributed by atoms with E-state index in [1.54, 1.807) is 0 Å². The van der Waals surface area contributed by atoms with E-state index in [9.17, 15) is 4.79 Å². The van der Waals surface area contributed by atoms with Gasteiger partial charge >= 0.3 is 5.97 Å².